The predicted octanol–water partition coefficient (Wildman–Crippen LogP) is 3.81. The van der Waals surface area contributed by atoms with Gasteiger partial charge < -0.3 is 0 Å². The van der Waals surface area contributed by atoms with Gasteiger partial charge in [0.15, 0.2) is 0 Å². The molecule has 0 radical (unpaired) electrons. The van der Waals surface area contributed by atoms with Crippen molar-refractivity contribution in [2.75, 3.05) is 0 Å². The van der Waals surface area contributed by atoms with E-state index < -0.39 is 11.6 Å². The minimum absolute atomic E-state index is 0.0161. The van der Waals surface area contributed by atoms with Crippen LogP contribution in [0.2, 0.25) is 0 Å². The summed E-state index contributed by atoms with van der Waals surface area (Å²) in [4.78, 5) is 0. The highest BCUT2D eigenvalue weighted by Crippen LogP contribution is 2.24. The molecule has 84 valence electrons. The van der Waals surface area contributed by atoms with Gasteiger partial charge in [-0.3, -0.25) is 0 Å². The number of nitriles is 1. The molecule has 17 heavy (non-hydrogen) atoms. The highest BCUT2D eigenvalue weighted by molar-refractivity contribution is 5.64. The summed E-state index contributed by atoms with van der Waals surface area (Å²) in [6.45, 7) is 1.40. The Kier molecular flexibility index (Phi) is 2.88. The molecule has 3 heteroatoms. The highest BCUT2D eigenvalue weighted by Gasteiger charge is 2.08. The SMILES string of the molecule is Cc1c(F)cc(-c2ccc(C#N)cc2)cc1F. The number of nitrogens with zero attached hydrogens (tertiary/aromatic N) is 1. The Morgan fingerprint density at radius 1 is 0.941 bits per heavy atom. The van der Waals surface area contributed by atoms with Gasteiger partial charge in [-0.25, -0.2) is 8.78 Å². The Hall–Kier alpha value is -2.21. The first-order chi connectivity index (χ1) is 8.11. The molecule has 0 saturated carbocycles. The second kappa shape index (κ2) is 4.34. The molecule has 0 heterocycles. The van der Waals surface area contributed by atoms with Crippen molar-refractivity contribution in [2.24, 2.45) is 0 Å². The van der Waals surface area contributed by atoms with E-state index in [1.54, 1.807) is 24.3 Å². The molecule has 0 spiro atoms. The smallest absolute Gasteiger partial charge is 0.129 e. The van der Waals surface area contributed by atoms with Crippen LogP contribution in [0.1, 0.15) is 11.1 Å². The summed E-state index contributed by atoms with van der Waals surface area (Å²) >= 11 is 0. The van der Waals surface area contributed by atoms with Gasteiger partial charge in [0.05, 0.1) is 11.6 Å². The van der Waals surface area contributed by atoms with Crippen molar-refractivity contribution >= 4 is 0 Å². The summed E-state index contributed by atoms with van der Waals surface area (Å²) in [6, 6.07) is 11.1. The molecule has 0 aliphatic rings. The van der Waals surface area contributed by atoms with Crippen LogP contribution in [0.3, 0.4) is 0 Å². The van der Waals surface area contributed by atoms with Gasteiger partial charge >= 0.3 is 0 Å². The van der Waals surface area contributed by atoms with Crippen LogP contribution in [0.5, 0.6) is 0 Å². The zero-order chi connectivity index (χ0) is 12.4. The molecular formula is C14H9F2N. The third-order valence-corrected chi connectivity index (χ3v) is 2.63. The lowest BCUT2D eigenvalue weighted by atomic mass is 10.0. The molecule has 0 amide bonds. The average molecular weight is 229 g/mol. The van der Waals surface area contributed by atoms with Crippen molar-refractivity contribution in [1.29, 1.82) is 5.26 Å². The van der Waals surface area contributed by atoms with Gasteiger partial charge in [-0.15, -0.1) is 0 Å². The van der Waals surface area contributed by atoms with Crippen LogP contribution in [0, 0.1) is 29.9 Å². The number of hydrogen-bond donors (Lipinski definition) is 0. The van der Waals surface area contributed by atoms with E-state index in [1.807, 2.05) is 6.07 Å². The van der Waals surface area contributed by atoms with Gasteiger partial charge in [0.25, 0.3) is 0 Å². The molecule has 0 aliphatic heterocycles. The molecule has 0 aromatic heterocycles. The summed E-state index contributed by atoms with van der Waals surface area (Å²) < 4.78 is 26.8. The third kappa shape index (κ3) is 2.16. The quantitative estimate of drug-likeness (QED) is 0.729. The molecule has 0 bridgehead atoms. The summed E-state index contributed by atoms with van der Waals surface area (Å²) in [5.74, 6) is -1.13. The van der Waals surface area contributed by atoms with E-state index in [4.69, 9.17) is 5.26 Å². The number of hydrogen-bond acceptors (Lipinski definition) is 1. The fourth-order valence-electron chi connectivity index (χ4n) is 1.55. The first-order valence-corrected chi connectivity index (χ1v) is 5.08. The minimum Gasteiger partial charge on any atom is -0.207 e. The second-order valence-corrected chi connectivity index (χ2v) is 3.75. The fourth-order valence-corrected chi connectivity index (χ4v) is 1.55. The zero-order valence-corrected chi connectivity index (χ0v) is 9.17. The van der Waals surface area contributed by atoms with E-state index >= 15 is 0 Å². The Balaban J connectivity index is 2.50. The topological polar surface area (TPSA) is 23.8 Å². The maximum atomic E-state index is 13.4. The number of benzene rings is 2. The van der Waals surface area contributed by atoms with Crippen molar-refractivity contribution in [3.05, 3.63) is 59.2 Å². The van der Waals surface area contributed by atoms with Crippen molar-refractivity contribution in [3.8, 4) is 17.2 Å². The van der Waals surface area contributed by atoms with E-state index in [-0.39, 0.29) is 5.56 Å². The summed E-state index contributed by atoms with van der Waals surface area (Å²) in [5, 5.41) is 8.65. The summed E-state index contributed by atoms with van der Waals surface area (Å²) in [7, 11) is 0. The van der Waals surface area contributed by atoms with Gasteiger partial charge in [0, 0.05) is 5.56 Å². The Labute approximate surface area is 97.9 Å². The third-order valence-electron chi connectivity index (χ3n) is 2.63. The summed E-state index contributed by atoms with van der Waals surface area (Å²) in [5.41, 5.74) is 1.68. The highest BCUT2D eigenvalue weighted by atomic mass is 19.1. The lowest BCUT2D eigenvalue weighted by Gasteiger charge is -2.05. The standard InChI is InChI=1S/C14H9F2N/c1-9-13(15)6-12(7-14(9)16)11-4-2-10(8-17)3-5-11/h2-7H,1H3. The lowest BCUT2D eigenvalue weighted by molar-refractivity contribution is 0.569. The molecule has 0 atom stereocenters. The monoisotopic (exact) mass is 229 g/mol. The van der Waals surface area contributed by atoms with E-state index in [9.17, 15) is 8.78 Å². The van der Waals surface area contributed by atoms with E-state index in [0.29, 0.717) is 16.7 Å². The molecule has 0 aliphatic carbocycles. The van der Waals surface area contributed by atoms with Crippen LogP contribution in [0.15, 0.2) is 36.4 Å². The fraction of sp³-hybridized carbons (Fsp3) is 0.0714. The zero-order valence-electron chi connectivity index (χ0n) is 9.17. The molecule has 2 rings (SSSR count). The van der Waals surface area contributed by atoms with Crippen molar-refractivity contribution in [1.82, 2.24) is 0 Å². The van der Waals surface area contributed by atoms with Crippen LogP contribution in [-0.2, 0) is 0 Å². The number of rotatable bonds is 1. The van der Waals surface area contributed by atoms with Crippen LogP contribution < -0.4 is 0 Å². The second-order valence-electron chi connectivity index (χ2n) is 3.75. The van der Waals surface area contributed by atoms with Crippen LogP contribution >= 0.6 is 0 Å². The van der Waals surface area contributed by atoms with E-state index in [2.05, 4.69) is 0 Å². The maximum absolute atomic E-state index is 13.4. The number of halogens is 2. The van der Waals surface area contributed by atoms with Crippen molar-refractivity contribution in [2.45, 2.75) is 6.92 Å². The predicted molar refractivity (Wildman–Crippen MR) is 61.2 cm³/mol. The van der Waals surface area contributed by atoms with Gasteiger partial charge in [0.1, 0.15) is 11.6 Å². The normalized spacial score (nSPS) is 10.0. The van der Waals surface area contributed by atoms with Crippen LogP contribution in [0.4, 0.5) is 8.78 Å². The Morgan fingerprint density at radius 3 is 1.94 bits per heavy atom. The van der Waals surface area contributed by atoms with Gasteiger partial charge in [-0.2, -0.15) is 5.26 Å². The molecule has 0 saturated heterocycles. The first kappa shape index (κ1) is 11.3. The lowest BCUT2D eigenvalue weighted by Crippen LogP contribution is -1.90. The molecule has 2 aromatic rings. The van der Waals surface area contributed by atoms with Crippen molar-refractivity contribution < 1.29 is 8.78 Å². The Bertz CT molecular complexity index is 572. The van der Waals surface area contributed by atoms with Crippen LogP contribution in [-0.4, -0.2) is 0 Å². The van der Waals surface area contributed by atoms with Gasteiger partial charge in [-0.1, -0.05) is 12.1 Å². The van der Waals surface area contributed by atoms with Crippen LogP contribution in [0.25, 0.3) is 11.1 Å². The van der Waals surface area contributed by atoms with Crippen molar-refractivity contribution in [3.63, 3.8) is 0 Å². The Morgan fingerprint density at radius 2 is 1.47 bits per heavy atom. The first-order valence-electron chi connectivity index (χ1n) is 5.08. The largest absolute Gasteiger partial charge is 0.207 e. The van der Waals surface area contributed by atoms with Gasteiger partial charge in [-0.05, 0) is 42.3 Å². The van der Waals surface area contributed by atoms with E-state index in [0.717, 1.165) is 0 Å². The molecular weight excluding hydrogens is 220 g/mol. The van der Waals surface area contributed by atoms with Gasteiger partial charge in [0.2, 0.25) is 0 Å². The average Bonchev–Trinajstić information content (AvgIpc) is 2.35. The molecule has 2 aromatic carbocycles. The minimum atomic E-state index is -0.565. The molecule has 0 fully saturated rings. The molecule has 1 nitrogen and oxygen atoms in total. The molecule has 0 unspecified atom stereocenters. The summed E-state index contributed by atoms with van der Waals surface area (Å²) in [6.07, 6.45) is 0. The van der Waals surface area contributed by atoms with E-state index in [1.165, 1.54) is 19.1 Å². The molecule has 0 N–H and O–H groups in total. The maximum Gasteiger partial charge on any atom is 0.129 e.